The van der Waals surface area contributed by atoms with Crippen LogP contribution in [-0.4, -0.2) is 65.0 Å². The van der Waals surface area contributed by atoms with Crippen molar-refractivity contribution >= 4 is 29.5 Å². The Labute approximate surface area is 202 Å². The van der Waals surface area contributed by atoms with Crippen LogP contribution in [-0.2, 0) is 22.4 Å². The first-order chi connectivity index (χ1) is 16.1. The van der Waals surface area contributed by atoms with Crippen molar-refractivity contribution in [2.24, 2.45) is 5.92 Å². The normalized spacial score (nSPS) is 21.5. The Morgan fingerprint density at radius 1 is 1.29 bits per heavy atom. The minimum atomic E-state index is -1.56. The molecular formula is C24H28ClN3O6. The lowest BCUT2D eigenvalue weighted by Crippen LogP contribution is -2.56. The van der Waals surface area contributed by atoms with Gasteiger partial charge in [0.05, 0.1) is 19.6 Å². The van der Waals surface area contributed by atoms with Crippen LogP contribution in [0.5, 0.6) is 5.75 Å². The first kappa shape index (κ1) is 25.5. The second-order valence-electron chi connectivity index (χ2n) is 8.47. The second-order valence-corrected chi connectivity index (χ2v) is 8.90. The van der Waals surface area contributed by atoms with E-state index in [9.17, 15) is 24.6 Å². The molecule has 4 N–H and O–H groups in total. The first-order valence-electron chi connectivity index (χ1n) is 10.8. The number of carbonyl (C=O) groups is 3. The van der Waals surface area contributed by atoms with Crippen molar-refractivity contribution < 1.29 is 29.3 Å². The molecule has 3 rings (SSSR count). The van der Waals surface area contributed by atoms with E-state index in [1.807, 2.05) is 0 Å². The highest BCUT2D eigenvalue weighted by atomic mass is 35.5. The van der Waals surface area contributed by atoms with E-state index >= 15 is 0 Å². The number of methoxy groups -OCH3 is 1. The Morgan fingerprint density at radius 2 is 2.00 bits per heavy atom. The summed E-state index contributed by atoms with van der Waals surface area (Å²) in [6.07, 6.45) is 0.240. The van der Waals surface area contributed by atoms with Crippen molar-refractivity contribution in [3.63, 3.8) is 0 Å². The number of benzene rings is 2. The molecule has 2 aromatic carbocycles. The van der Waals surface area contributed by atoms with Crippen LogP contribution in [0.4, 0.5) is 4.79 Å². The second kappa shape index (κ2) is 10.9. The minimum absolute atomic E-state index is 0.0434. The summed E-state index contributed by atoms with van der Waals surface area (Å²) >= 11 is 6.11. The molecule has 0 radical (unpaired) electrons. The van der Waals surface area contributed by atoms with Gasteiger partial charge in [0.15, 0.2) is 0 Å². The SMILES string of the molecule is COc1ccc(Cl)cc1CC1CNC(C)(O)CN(C(=O)N[C@@H](Cc2ccccc2)C(=O)O)C1=O. The molecule has 2 unspecified atom stereocenters. The average molecular weight is 490 g/mol. The van der Waals surface area contributed by atoms with Crippen molar-refractivity contribution in [3.8, 4) is 5.75 Å². The van der Waals surface area contributed by atoms with Crippen molar-refractivity contribution in [2.45, 2.75) is 31.5 Å². The molecule has 1 heterocycles. The van der Waals surface area contributed by atoms with Crippen LogP contribution in [0.2, 0.25) is 5.02 Å². The summed E-state index contributed by atoms with van der Waals surface area (Å²) in [5.41, 5.74) is -0.167. The zero-order valence-electron chi connectivity index (χ0n) is 19.0. The fourth-order valence-corrected chi connectivity index (χ4v) is 4.07. The summed E-state index contributed by atoms with van der Waals surface area (Å²) in [6, 6.07) is 11.7. The Balaban J connectivity index is 1.82. The van der Waals surface area contributed by atoms with E-state index in [2.05, 4.69) is 10.6 Å². The molecule has 0 aromatic heterocycles. The van der Waals surface area contributed by atoms with Crippen LogP contribution in [0.15, 0.2) is 48.5 Å². The maximum absolute atomic E-state index is 13.4. The first-order valence-corrected chi connectivity index (χ1v) is 11.2. The standard InChI is InChI=1S/C24H28ClN3O6/c1-24(33)14-28(23(32)27-19(22(30)31)10-15-6-4-3-5-7-15)21(29)17(13-26-24)11-16-12-18(25)8-9-20(16)34-2/h3-9,12,17,19,26,33H,10-11,13-14H2,1-2H3,(H,27,32)(H,30,31)/t17?,19-,24?/m0/s1. The number of nitrogens with one attached hydrogen (secondary N) is 2. The molecule has 0 spiro atoms. The Bertz CT molecular complexity index is 1050. The number of aliphatic hydroxyl groups is 1. The van der Waals surface area contributed by atoms with Crippen LogP contribution < -0.4 is 15.4 Å². The molecule has 1 aliphatic heterocycles. The van der Waals surface area contributed by atoms with E-state index < -0.39 is 35.6 Å². The molecule has 34 heavy (non-hydrogen) atoms. The van der Waals surface area contributed by atoms with Gasteiger partial charge in [-0.25, -0.2) is 9.59 Å². The van der Waals surface area contributed by atoms with E-state index in [1.165, 1.54) is 14.0 Å². The number of ether oxygens (including phenoxy) is 1. The number of rotatable bonds is 7. The van der Waals surface area contributed by atoms with E-state index in [4.69, 9.17) is 16.3 Å². The summed E-state index contributed by atoms with van der Waals surface area (Å²) in [4.78, 5) is 39.1. The van der Waals surface area contributed by atoms with Crippen molar-refractivity contribution in [2.75, 3.05) is 20.2 Å². The molecule has 0 saturated carbocycles. The van der Waals surface area contributed by atoms with E-state index in [0.717, 1.165) is 10.5 Å². The van der Waals surface area contributed by atoms with Gasteiger partial charge in [-0.2, -0.15) is 0 Å². The number of hydrogen-bond acceptors (Lipinski definition) is 6. The van der Waals surface area contributed by atoms with Gasteiger partial charge in [0, 0.05) is 18.0 Å². The third-order valence-corrected chi connectivity index (χ3v) is 5.88. The number of halogens is 1. The van der Waals surface area contributed by atoms with Crippen LogP contribution in [0.25, 0.3) is 0 Å². The fourth-order valence-electron chi connectivity index (χ4n) is 3.87. The predicted molar refractivity (Wildman–Crippen MR) is 126 cm³/mol. The van der Waals surface area contributed by atoms with Gasteiger partial charge < -0.3 is 20.3 Å². The van der Waals surface area contributed by atoms with Gasteiger partial charge in [-0.15, -0.1) is 0 Å². The van der Waals surface area contributed by atoms with E-state index in [-0.39, 0.29) is 25.9 Å². The lowest BCUT2D eigenvalue weighted by atomic mass is 9.97. The number of urea groups is 1. The number of carbonyl (C=O) groups excluding carboxylic acids is 2. The highest BCUT2D eigenvalue weighted by Crippen LogP contribution is 2.27. The molecule has 1 aliphatic rings. The number of β-amino-alcohol motifs (C(OH)–C–C–N with tert-alkyl or cyclic N) is 1. The van der Waals surface area contributed by atoms with Crippen LogP contribution in [0.3, 0.4) is 0 Å². The Kier molecular flexibility index (Phi) is 8.14. The molecule has 3 amide bonds. The zero-order valence-corrected chi connectivity index (χ0v) is 19.7. The summed E-state index contributed by atoms with van der Waals surface area (Å²) in [6.45, 7) is 1.19. The monoisotopic (exact) mass is 489 g/mol. The molecule has 0 aliphatic carbocycles. The lowest BCUT2D eigenvalue weighted by Gasteiger charge is -2.29. The third-order valence-electron chi connectivity index (χ3n) is 5.64. The quantitative estimate of drug-likeness (QED) is 0.468. The molecule has 3 atom stereocenters. The molecule has 182 valence electrons. The number of amides is 3. The maximum atomic E-state index is 13.4. The van der Waals surface area contributed by atoms with Crippen LogP contribution >= 0.6 is 11.6 Å². The smallest absolute Gasteiger partial charge is 0.326 e. The highest BCUT2D eigenvalue weighted by molar-refractivity contribution is 6.30. The Hall–Kier alpha value is -3.14. The number of hydrogen-bond donors (Lipinski definition) is 4. The maximum Gasteiger partial charge on any atom is 0.326 e. The zero-order chi connectivity index (χ0) is 24.9. The van der Waals surface area contributed by atoms with Gasteiger partial charge in [-0.05, 0) is 42.7 Å². The van der Waals surface area contributed by atoms with E-state index in [0.29, 0.717) is 16.3 Å². The van der Waals surface area contributed by atoms with Gasteiger partial charge >= 0.3 is 12.0 Å². The molecule has 0 bridgehead atoms. The van der Waals surface area contributed by atoms with Crippen molar-refractivity contribution in [1.82, 2.24) is 15.5 Å². The summed E-state index contributed by atoms with van der Waals surface area (Å²) in [5.74, 6) is -1.97. The molecule has 9 nitrogen and oxygen atoms in total. The molecule has 1 saturated heterocycles. The van der Waals surface area contributed by atoms with Crippen LogP contribution in [0.1, 0.15) is 18.1 Å². The number of imide groups is 1. The summed E-state index contributed by atoms with van der Waals surface area (Å²) < 4.78 is 5.36. The average Bonchev–Trinajstić information content (AvgIpc) is 2.90. The van der Waals surface area contributed by atoms with Gasteiger partial charge in [-0.3, -0.25) is 15.0 Å². The van der Waals surface area contributed by atoms with Gasteiger partial charge in [0.1, 0.15) is 17.5 Å². The molecule has 1 fully saturated rings. The minimum Gasteiger partial charge on any atom is -0.496 e. The number of carboxylic acid groups (broad SMARTS) is 1. The lowest BCUT2D eigenvalue weighted by molar-refractivity contribution is -0.140. The molecule has 10 heteroatoms. The number of aliphatic carboxylic acids is 1. The highest BCUT2D eigenvalue weighted by Gasteiger charge is 2.40. The summed E-state index contributed by atoms with van der Waals surface area (Å²) in [7, 11) is 1.50. The molecule has 2 aromatic rings. The number of nitrogens with zero attached hydrogens (tertiary/aromatic N) is 1. The number of carboxylic acids is 1. The van der Waals surface area contributed by atoms with Gasteiger partial charge in [-0.1, -0.05) is 41.9 Å². The third kappa shape index (κ3) is 6.47. The predicted octanol–water partition coefficient (Wildman–Crippen LogP) is 2.05. The summed E-state index contributed by atoms with van der Waals surface area (Å²) in [5, 5.41) is 26.1. The van der Waals surface area contributed by atoms with E-state index in [1.54, 1.807) is 48.5 Å². The fraction of sp³-hybridized carbons (Fsp3) is 0.375. The molecular weight excluding hydrogens is 462 g/mol. The van der Waals surface area contributed by atoms with Gasteiger partial charge in [0.2, 0.25) is 5.91 Å². The van der Waals surface area contributed by atoms with Crippen molar-refractivity contribution in [1.29, 1.82) is 0 Å². The van der Waals surface area contributed by atoms with Crippen molar-refractivity contribution in [3.05, 3.63) is 64.7 Å². The largest absolute Gasteiger partial charge is 0.496 e. The topological polar surface area (TPSA) is 128 Å². The van der Waals surface area contributed by atoms with Gasteiger partial charge in [0.25, 0.3) is 0 Å². The van der Waals surface area contributed by atoms with Crippen LogP contribution in [0, 0.1) is 5.92 Å². The Morgan fingerprint density at radius 3 is 2.65 bits per heavy atom.